The first kappa shape index (κ1) is 18.0. The zero-order valence-electron chi connectivity index (χ0n) is 16.1. The van der Waals surface area contributed by atoms with Gasteiger partial charge in [0.05, 0.1) is 30.6 Å². The van der Waals surface area contributed by atoms with Crippen molar-refractivity contribution in [1.29, 1.82) is 0 Å². The number of aromatic hydroxyl groups is 1. The first-order valence-electron chi connectivity index (χ1n) is 9.51. The van der Waals surface area contributed by atoms with Gasteiger partial charge < -0.3 is 14.6 Å². The van der Waals surface area contributed by atoms with Crippen molar-refractivity contribution < 1.29 is 19.4 Å². The summed E-state index contributed by atoms with van der Waals surface area (Å²) in [5.41, 5.74) is 2.30. The Kier molecular flexibility index (Phi) is 4.46. The molecule has 0 aliphatic carbocycles. The highest BCUT2D eigenvalue weighted by Crippen LogP contribution is 2.33. The van der Waals surface area contributed by atoms with E-state index in [1.165, 1.54) is 4.52 Å². The Morgan fingerprint density at radius 2 is 2.19 bits per heavy atom. The summed E-state index contributed by atoms with van der Waals surface area (Å²) in [6, 6.07) is 1.67. The van der Waals surface area contributed by atoms with Gasteiger partial charge in [0.2, 0.25) is 5.88 Å². The van der Waals surface area contributed by atoms with Gasteiger partial charge in [-0.05, 0) is 40.0 Å². The standard InChI is InChI=1S/C19H26N4O4/c1-19(2,3)27-18(25)22-8-5-4-6-15(22)13-10-16-20-14-11-26-9-7-12(14)17(24)23(16)21-13/h10,15,24H,4-9,11H2,1-3H3. The number of hydrogen-bond donors (Lipinski definition) is 1. The zero-order chi connectivity index (χ0) is 19.2. The highest BCUT2D eigenvalue weighted by molar-refractivity contribution is 5.69. The molecule has 0 radical (unpaired) electrons. The van der Waals surface area contributed by atoms with Gasteiger partial charge in [0.15, 0.2) is 5.65 Å². The number of amides is 1. The van der Waals surface area contributed by atoms with Crippen molar-refractivity contribution in [1.82, 2.24) is 19.5 Å². The predicted molar refractivity (Wildman–Crippen MR) is 97.5 cm³/mol. The maximum atomic E-state index is 12.7. The summed E-state index contributed by atoms with van der Waals surface area (Å²) in [5, 5.41) is 15.2. The molecule has 1 N–H and O–H groups in total. The molecule has 0 spiro atoms. The molecular weight excluding hydrogens is 348 g/mol. The van der Waals surface area contributed by atoms with Crippen molar-refractivity contribution in [2.24, 2.45) is 0 Å². The van der Waals surface area contributed by atoms with E-state index in [4.69, 9.17) is 9.47 Å². The summed E-state index contributed by atoms with van der Waals surface area (Å²) in [6.07, 6.45) is 3.06. The lowest BCUT2D eigenvalue weighted by molar-refractivity contribution is 0.00897. The van der Waals surface area contributed by atoms with Crippen molar-refractivity contribution in [2.75, 3.05) is 13.2 Å². The van der Waals surface area contributed by atoms with Crippen LogP contribution in [0.15, 0.2) is 6.07 Å². The zero-order valence-corrected chi connectivity index (χ0v) is 16.1. The second-order valence-electron chi connectivity index (χ2n) is 8.19. The lowest BCUT2D eigenvalue weighted by atomic mass is 10.00. The maximum absolute atomic E-state index is 12.7. The molecule has 2 aromatic heterocycles. The van der Waals surface area contributed by atoms with Crippen LogP contribution in [0.25, 0.3) is 5.65 Å². The summed E-state index contributed by atoms with van der Waals surface area (Å²) < 4.78 is 12.5. The summed E-state index contributed by atoms with van der Waals surface area (Å²) in [4.78, 5) is 19.0. The number of ether oxygens (including phenoxy) is 2. The van der Waals surface area contributed by atoms with E-state index in [0.717, 1.165) is 36.2 Å². The fourth-order valence-corrected chi connectivity index (χ4v) is 3.75. The molecule has 1 atom stereocenters. The number of carbonyl (C=O) groups excluding carboxylic acids is 1. The molecule has 1 unspecified atom stereocenters. The van der Waals surface area contributed by atoms with Crippen LogP contribution in [0.3, 0.4) is 0 Å². The van der Waals surface area contributed by atoms with Crippen LogP contribution < -0.4 is 0 Å². The van der Waals surface area contributed by atoms with Crippen LogP contribution in [0.2, 0.25) is 0 Å². The van der Waals surface area contributed by atoms with E-state index in [2.05, 4.69) is 10.1 Å². The van der Waals surface area contributed by atoms with Crippen molar-refractivity contribution in [3.8, 4) is 5.88 Å². The first-order chi connectivity index (χ1) is 12.8. The Balaban J connectivity index is 1.69. The number of aromatic nitrogens is 3. The van der Waals surface area contributed by atoms with E-state index in [1.54, 1.807) is 4.90 Å². The van der Waals surface area contributed by atoms with Gasteiger partial charge in [0, 0.05) is 24.6 Å². The number of likely N-dealkylation sites (tertiary alicyclic amines) is 1. The molecule has 4 rings (SSSR count). The number of hydrogen-bond acceptors (Lipinski definition) is 6. The van der Waals surface area contributed by atoms with Gasteiger partial charge >= 0.3 is 6.09 Å². The minimum Gasteiger partial charge on any atom is -0.493 e. The highest BCUT2D eigenvalue weighted by atomic mass is 16.6. The molecule has 8 heteroatoms. The fourth-order valence-electron chi connectivity index (χ4n) is 3.75. The maximum Gasteiger partial charge on any atom is 0.410 e. The molecule has 1 amide bonds. The topological polar surface area (TPSA) is 89.2 Å². The summed E-state index contributed by atoms with van der Waals surface area (Å²) >= 11 is 0. The van der Waals surface area contributed by atoms with E-state index in [0.29, 0.717) is 31.8 Å². The Hall–Kier alpha value is -2.35. The average molecular weight is 374 g/mol. The second kappa shape index (κ2) is 6.67. The van der Waals surface area contributed by atoms with Crippen LogP contribution in [-0.4, -0.2) is 49.5 Å². The number of carbonyl (C=O) groups is 1. The van der Waals surface area contributed by atoms with Gasteiger partial charge in [0.25, 0.3) is 0 Å². The number of piperidine rings is 1. The van der Waals surface area contributed by atoms with E-state index in [-0.39, 0.29) is 18.0 Å². The molecule has 0 aromatic carbocycles. The Morgan fingerprint density at radius 1 is 1.37 bits per heavy atom. The molecule has 1 saturated heterocycles. The van der Waals surface area contributed by atoms with Crippen molar-refractivity contribution in [2.45, 2.75) is 64.7 Å². The second-order valence-corrected chi connectivity index (χ2v) is 8.19. The lowest BCUT2D eigenvalue weighted by Gasteiger charge is -2.35. The number of rotatable bonds is 1. The fraction of sp³-hybridized carbons (Fsp3) is 0.632. The van der Waals surface area contributed by atoms with Crippen LogP contribution in [0, 0.1) is 0 Å². The van der Waals surface area contributed by atoms with E-state index in [9.17, 15) is 9.90 Å². The van der Waals surface area contributed by atoms with Gasteiger partial charge in [-0.1, -0.05) is 0 Å². The van der Waals surface area contributed by atoms with Crippen LogP contribution in [0.4, 0.5) is 4.79 Å². The van der Waals surface area contributed by atoms with E-state index >= 15 is 0 Å². The van der Waals surface area contributed by atoms with Gasteiger partial charge in [0.1, 0.15) is 5.60 Å². The molecule has 0 saturated carbocycles. The quantitative estimate of drug-likeness (QED) is 0.825. The molecule has 8 nitrogen and oxygen atoms in total. The van der Waals surface area contributed by atoms with Crippen LogP contribution >= 0.6 is 0 Å². The third-order valence-corrected chi connectivity index (χ3v) is 4.99. The molecular formula is C19H26N4O4. The summed E-state index contributed by atoms with van der Waals surface area (Å²) in [5.74, 6) is 0.115. The highest BCUT2D eigenvalue weighted by Gasteiger charge is 2.33. The Bertz CT molecular complexity index is 871. The minimum absolute atomic E-state index is 0.115. The molecule has 2 aromatic rings. The molecule has 2 aliphatic heterocycles. The largest absolute Gasteiger partial charge is 0.493 e. The third-order valence-electron chi connectivity index (χ3n) is 4.99. The van der Waals surface area contributed by atoms with Gasteiger partial charge in [-0.15, -0.1) is 0 Å². The molecule has 0 bridgehead atoms. The van der Waals surface area contributed by atoms with E-state index in [1.807, 2.05) is 26.8 Å². The molecule has 1 fully saturated rings. The SMILES string of the molecule is CC(C)(C)OC(=O)N1CCCCC1c1cc2nc3c(c(O)n2n1)CCOC3. The monoisotopic (exact) mass is 374 g/mol. The summed E-state index contributed by atoms with van der Waals surface area (Å²) in [6.45, 7) is 7.19. The first-order valence-corrected chi connectivity index (χ1v) is 9.51. The molecule has 4 heterocycles. The number of fused-ring (bicyclic) bond motifs is 2. The van der Waals surface area contributed by atoms with Crippen LogP contribution in [0.1, 0.15) is 63.0 Å². The molecule has 146 valence electrons. The number of nitrogens with zero attached hydrogens (tertiary/aromatic N) is 4. The lowest BCUT2D eigenvalue weighted by Crippen LogP contribution is -2.42. The third kappa shape index (κ3) is 3.45. The minimum atomic E-state index is -0.545. The van der Waals surface area contributed by atoms with Gasteiger partial charge in [-0.25, -0.2) is 9.78 Å². The average Bonchev–Trinajstić information content (AvgIpc) is 3.05. The van der Waals surface area contributed by atoms with E-state index < -0.39 is 5.60 Å². The normalized spacial score (nSPS) is 20.6. The van der Waals surface area contributed by atoms with Crippen molar-refractivity contribution in [3.05, 3.63) is 23.0 Å². The smallest absolute Gasteiger partial charge is 0.410 e. The van der Waals surface area contributed by atoms with Crippen molar-refractivity contribution in [3.63, 3.8) is 0 Å². The molecule has 27 heavy (non-hydrogen) atoms. The summed E-state index contributed by atoms with van der Waals surface area (Å²) in [7, 11) is 0. The van der Waals surface area contributed by atoms with Crippen molar-refractivity contribution >= 4 is 11.7 Å². The van der Waals surface area contributed by atoms with Crippen LogP contribution in [0.5, 0.6) is 5.88 Å². The Morgan fingerprint density at radius 3 is 2.96 bits per heavy atom. The van der Waals surface area contributed by atoms with Gasteiger partial charge in [-0.2, -0.15) is 9.61 Å². The predicted octanol–water partition coefficient (Wildman–Crippen LogP) is 2.97. The van der Waals surface area contributed by atoms with Gasteiger partial charge in [-0.3, -0.25) is 4.90 Å². The molecule has 2 aliphatic rings. The Labute approximate surface area is 158 Å². The van der Waals surface area contributed by atoms with Crippen LogP contribution in [-0.2, 0) is 22.5 Å².